The fourth-order valence-corrected chi connectivity index (χ4v) is 3.82. The van der Waals surface area contributed by atoms with E-state index in [1.807, 2.05) is 42.8 Å². The molecule has 0 saturated heterocycles. The van der Waals surface area contributed by atoms with E-state index in [-0.39, 0.29) is 12.3 Å². The molecule has 2 aromatic rings. The number of rotatable bonds is 6. The van der Waals surface area contributed by atoms with Crippen LogP contribution in [-0.2, 0) is 11.3 Å². The van der Waals surface area contributed by atoms with Gasteiger partial charge in [-0.1, -0.05) is 25.0 Å². The zero-order chi connectivity index (χ0) is 18.7. The molecule has 1 amide bonds. The minimum absolute atomic E-state index is 0.0236. The lowest BCUT2D eigenvalue weighted by Crippen LogP contribution is -2.47. The Balaban J connectivity index is 1.75. The van der Waals surface area contributed by atoms with Crippen molar-refractivity contribution in [2.75, 3.05) is 0 Å². The second-order valence-corrected chi connectivity index (χ2v) is 7.30. The van der Waals surface area contributed by atoms with Crippen LogP contribution in [0.15, 0.2) is 30.3 Å². The summed E-state index contributed by atoms with van der Waals surface area (Å²) in [6.45, 7) is 4.56. The molecular formula is C20H25N3O3. The Morgan fingerprint density at radius 3 is 2.58 bits per heavy atom. The third-order valence-corrected chi connectivity index (χ3v) is 5.05. The summed E-state index contributed by atoms with van der Waals surface area (Å²) in [5.41, 5.74) is 2.97. The highest BCUT2D eigenvalue weighted by atomic mass is 16.4. The third kappa shape index (κ3) is 4.12. The predicted octanol–water partition coefficient (Wildman–Crippen LogP) is 3.07. The molecule has 0 radical (unpaired) electrons. The fourth-order valence-electron chi connectivity index (χ4n) is 3.82. The van der Waals surface area contributed by atoms with E-state index in [4.69, 9.17) is 0 Å². The number of carboxylic acids is 1. The molecule has 6 nitrogen and oxygen atoms in total. The Hall–Kier alpha value is -2.63. The maximum Gasteiger partial charge on any atom is 0.305 e. The number of carbonyl (C=O) groups excluding carboxylic acids is 1. The topological polar surface area (TPSA) is 84.2 Å². The highest BCUT2D eigenvalue weighted by Gasteiger charge is 2.37. The SMILES string of the molecule is Cc1cc(C)n(Cc2cccc(C(=O)NC3(CC(=O)O)CCCC3)c2)n1. The van der Waals surface area contributed by atoms with Gasteiger partial charge in [-0.25, -0.2) is 0 Å². The van der Waals surface area contributed by atoms with Gasteiger partial charge in [0.25, 0.3) is 5.91 Å². The summed E-state index contributed by atoms with van der Waals surface area (Å²) in [7, 11) is 0. The van der Waals surface area contributed by atoms with Crippen LogP contribution in [0.4, 0.5) is 0 Å². The highest BCUT2D eigenvalue weighted by molar-refractivity contribution is 5.95. The quantitative estimate of drug-likeness (QED) is 0.834. The van der Waals surface area contributed by atoms with Crippen molar-refractivity contribution in [2.24, 2.45) is 0 Å². The predicted molar refractivity (Wildman–Crippen MR) is 98.2 cm³/mol. The molecule has 6 heteroatoms. The summed E-state index contributed by atoms with van der Waals surface area (Å²) in [6, 6.07) is 9.47. The molecule has 0 unspecified atom stereocenters. The summed E-state index contributed by atoms with van der Waals surface area (Å²) in [5, 5.41) is 16.7. The van der Waals surface area contributed by atoms with Crippen LogP contribution < -0.4 is 5.32 Å². The number of nitrogens with one attached hydrogen (secondary N) is 1. The first-order valence-electron chi connectivity index (χ1n) is 9.01. The average molecular weight is 355 g/mol. The first-order chi connectivity index (χ1) is 12.4. The van der Waals surface area contributed by atoms with Crippen molar-refractivity contribution < 1.29 is 14.7 Å². The van der Waals surface area contributed by atoms with E-state index in [1.54, 1.807) is 6.07 Å². The van der Waals surface area contributed by atoms with Gasteiger partial charge in [-0.2, -0.15) is 5.10 Å². The Bertz CT molecular complexity index is 819. The lowest BCUT2D eigenvalue weighted by Gasteiger charge is -2.28. The molecule has 26 heavy (non-hydrogen) atoms. The van der Waals surface area contributed by atoms with Crippen LogP contribution in [-0.4, -0.2) is 32.3 Å². The minimum Gasteiger partial charge on any atom is -0.481 e. The second-order valence-electron chi connectivity index (χ2n) is 7.30. The number of amides is 1. The van der Waals surface area contributed by atoms with Crippen molar-refractivity contribution in [1.82, 2.24) is 15.1 Å². The van der Waals surface area contributed by atoms with Crippen molar-refractivity contribution in [3.8, 4) is 0 Å². The number of carbonyl (C=O) groups is 2. The van der Waals surface area contributed by atoms with Gasteiger partial charge in [0.1, 0.15) is 0 Å². The fraction of sp³-hybridized carbons (Fsp3) is 0.450. The second kappa shape index (κ2) is 7.32. The first-order valence-corrected chi connectivity index (χ1v) is 9.01. The average Bonchev–Trinajstić information content (AvgIpc) is 3.13. The molecule has 1 aromatic heterocycles. The number of aliphatic carboxylic acids is 1. The monoisotopic (exact) mass is 355 g/mol. The first kappa shape index (κ1) is 18.2. The largest absolute Gasteiger partial charge is 0.481 e. The van der Waals surface area contributed by atoms with Crippen LogP contribution in [0.1, 0.15) is 59.4 Å². The number of hydrogen-bond donors (Lipinski definition) is 2. The van der Waals surface area contributed by atoms with Crippen LogP contribution in [0.25, 0.3) is 0 Å². The lowest BCUT2D eigenvalue weighted by atomic mass is 9.92. The molecule has 2 N–H and O–H groups in total. The van der Waals surface area contributed by atoms with Crippen LogP contribution >= 0.6 is 0 Å². The van der Waals surface area contributed by atoms with Crippen molar-refractivity contribution >= 4 is 11.9 Å². The van der Waals surface area contributed by atoms with E-state index in [1.165, 1.54) is 0 Å². The summed E-state index contributed by atoms with van der Waals surface area (Å²) in [6.07, 6.45) is 3.31. The number of benzene rings is 1. The molecule has 1 aliphatic carbocycles. The summed E-state index contributed by atoms with van der Waals surface area (Å²) in [5.74, 6) is -1.08. The number of hydrogen-bond acceptors (Lipinski definition) is 3. The molecule has 3 rings (SSSR count). The molecule has 1 heterocycles. The normalized spacial score (nSPS) is 15.8. The van der Waals surface area contributed by atoms with E-state index in [2.05, 4.69) is 10.4 Å². The Labute approximate surface area is 153 Å². The van der Waals surface area contributed by atoms with E-state index in [0.717, 1.165) is 42.6 Å². The minimum atomic E-state index is -0.870. The zero-order valence-electron chi connectivity index (χ0n) is 15.3. The van der Waals surface area contributed by atoms with E-state index in [0.29, 0.717) is 12.1 Å². The van der Waals surface area contributed by atoms with Gasteiger partial charge in [-0.15, -0.1) is 0 Å². The van der Waals surface area contributed by atoms with Crippen molar-refractivity contribution in [1.29, 1.82) is 0 Å². The molecule has 0 atom stereocenters. The maximum absolute atomic E-state index is 12.7. The zero-order valence-corrected chi connectivity index (χ0v) is 15.3. The van der Waals surface area contributed by atoms with E-state index >= 15 is 0 Å². The summed E-state index contributed by atoms with van der Waals surface area (Å²) >= 11 is 0. The van der Waals surface area contributed by atoms with Gasteiger partial charge in [0.15, 0.2) is 0 Å². The molecule has 0 aliphatic heterocycles. The van der Waals surface area contributed by atoms with Crippen molar-refractivity contribution in [3.05, 3.63) is 52.8 Å². The Morgan fingerprint density at radius 1 is 1.23 bits per heavy atom. The van der Waals surface area contributed by atoms with E-state index in [9.17, 15) is 14.7 Å². The molecule has 138 valence electrons. The molecule has 0 bridgehead atoms. The molecule has 1 fully saturated rings. The summed E-state index contributed by atoms with van der Waals surface area (Å²) in [4.78, 5) is 23.9. The van der Waals surface area contributed by atoms with Gasteiger partial charge >= 0.3 is 5.97 Å². The van der Waals surface area contributed by atoms with Crippen LogP contribution in [0.5, 0.6) is 0 Å². The van der Waals surface area contributed by atoms with Crippen LogP contribution in [0.3, 0.4) is 0 Å². The van der Waals surface area contributed by atoms with Gasteiger partial charge in [-0.05, 0) is 50.5 Å². The van der Waals surface area contributed by atoms with Gasteiger partial charge in [0.2, 0.25) is 0 Å². The van der Waals surface area contributed by atoms with Gasteiger partial charge in [0.05, 0.1) is 24.2 Å². The standard InChI is InChI=1S/C20H25N3O3/c1-14-10-15(2)23(22-14)13-16-6-5-7-17(11-16)19(26)21-20(12-18(24)25)8-3-4-9-20/h5-7,10-11H,3-4,8-9,12-13H2,1-2H3,(H,21,26)(H,24,25). The lowest BCUT2D eigenvalue weighted by molar-refractivity contribution is -0.138. The number of aromatic nitrogens is 2. The van der Waals surface area contributed by atoms with Crippen LogP contribution in [0.2, 0.25) is 0 Å². The van der Waals surface area contributed by atoms with Crippen molar-refractivity contribution in [3.63, 3.8) is 0 Å². The summed E-state index contributed by atoms with van der Waals surface area (Å²) < 4.78 is 1.91. The Morgan fingerprint density at radius 2 is 1.96 bits per heavy atom. The van der Waals surface area contributed by atoms with Crippen molar-refractivity contribution in [2.45, 2.75) is 58.0 Å². The van der Waals surface area contributed by atoms with Gasteiger partial charge < -0.3 is 10.4 Å². The van der Waals surface area contributed by atoms with Gasteiger partial charge in [-0.3, -0.25) is 14.3 Å². The molecular weight excluding hydrogens is 330 g/mol. The third-order valence-electron chi connectivity index (χ3n) is 5.05. The number of aryl methyl sites for hydroxylation is 2. The number of nitrogens with zero attached hydrogens (tertiary/aromatic N) is 2. The smallest absolute Gasteiger partial charge is 0.305 e. The molecule has 0 spiro atoms. The van der Waals surface area contributed by atoms with E-state index < -0.39 is 11.5 Å². The Kier molecular flexibility index (Phi) is 5.11. The molecule has 1 aromatic carbocycles. The van der Waals surface area contributed by atoms with Crippen LogP contribution in [0, 0.1) is 13.8 Å². The maximum atomic E-state index is 12.7. The highest BCUT2D eigenvalue weighted by Crippen LogP contribution is 2.33. The number of carboxylic acid groups (broad SMARTS) is 1. The molecule has 1 aliphatic rings. The van der Waals surface area contributed by atoms with Gasteiger partial charge in [0, 0.05) is 11.3 Å². The molecule has 1 saturated carbocycles.